The third kappa shape index (κ3) is 2.41. The van der Waals surface area contributed by atoms with Crippen LogP contribution in [0.3, 0.4) is 0 Å². The Bertz CT molecular complexity index is 674. The first kappa shape index (κ1) is 14.5. The molecule has 102 valence electrons. The summed E-state index contributed by atoms with van der Waals surface area (Å²) in [6.45, 7) is 4.25. The first-order chi connectivity index (χ1) is 9.61. The molecule has 2 aromatic rings. The van der Waals surface area contributed by atoms with Crippen LogP contribution >= 0.6 is 12.6 Å². The maximum atomic E-state index is 12.3. The highest BCUT2D eigenvalue weighted by Gasteiger charge is 2.30. The molecule has 1 aliphatic rings. The van der Waals surface area contributed by atoms with Crippen molar-refractivity contribution in [3.63, 3.8) is 0 Å². The maximum Gasteiger partial charge on any atom is 0.195 e. The molecule has 0 aromatic heterocycles. The zero-order valence-electron chi connectivity index (χ0n) is 11.5. The van der Waals surface area contributed by atoms with Crippen LogP contribution in [0.25, 0.3) is 0 Å². The van der Waals surface area contributed by atoms with Gasteiger partial charge in [-0.3, -0.25) is 9.59 Å². The van der Waals surface area contributed by atoms with Crippen molar-refractivity contribution in [2.24, 2.45) is 0 Å². The van der Waals surface area contributed by atoms with Gasteiger partial charge in [-0.2, -0.15) is 0 Å². The molecule has 20 heavy (non-hydrogen) atoms. The van der Waals surface area contributed by atoms with Crippen LogP contribution in [0.5, 0.6) is 0 Å². The highest BCUT2D eigenvalue weighted by Crippen LogP contribution is 2.30. The van der Waals surface area contributed by atoms with E-state index in [4.69, 9.17) is 0 Å². The fourth-order valence-corrected chi connectivity index (χ4v) is 2.43. The number of hydrogen-bond donors (Lipinski definition) is 1. The lowest BCUT2D eigenvalue weighted by atomic mass is 9.84. The molecule has 1 aliphatic carbocycles. The number of carbonyl (C=O) groups is 2. The third-order valence-corrected chi connectivity index (χ3v) is 3.30. The van der Waals surface area contributed by atoms with Gasteiger partial charge in [0, 0.05) is 27.1 Å². The van der Waals surface area contributed by atoms with Crippen LogP contribution in [-0.4, -0.2) is 11.6 Å². The van der Waals surface area contributed by atoms with E-state index in [2.05, 4.69) is 26.5 Å². The van der Waals surface area contributed by atoms with Crippen LogP contribution in [0.4, 0.5) is 0 Å². The van der Waals surface area contributed by atoms with E-state index in [1.165, 1.54) is 6.42 Å². The lowest BCUT2D eigenvalue weighted by Gasteiger charge is -2.18. The molecule has 0 heterocycles. The van der Waals surface area contributed by atoms with Gasteiger partial charge in [-0.15, -0.1) is 12.6 Å². The zero-order chi connectivity index (χ0) is 14.7. The average molecular weight is 284 g/mol. The van der Waals surface area contributed by atoms with E-state index >= 15 is 0 Å². The summed E-state index contributed by atoms with van der Waals surface area (Å²) in [4.78, 5) is 25.0. The monoisotopic (exact) mass is 284 g/mol. The standard InChI is InChI=1S/C14H8O2S.C3H8/c15-13-8-4-1-2-5-9(8)14(16)12-10(13)6-3-7-11(12)17;1-3-2/h1-7,17H;3H2,1-2H3. The van der Waals surface area contributed by atoms with Crippen molar-refractivity contribution in [2.45, 2.75) is 25.2 Å². The summed E-state index contributed by atoms with van der Waals surface area (Å²) in [7, 11) is 0. The lowest BCUT2D eigenvalue weighted by molar-refractivity contribution is 0.0977. The summed E-state index contributed by atoms with van der Waals surface area (Å²) in [5.74, 6) is -0.230. The van der Waals surface area contributed by atoms with E-state index in [1.54, 1.807) is 42.5 Å². The second-order valence-electron chi connectivity index (χ2n) is 4.61. The Kier molecular flexibility index (Phi) is 4.40. The molecule has 0 fully saturated rings. The summed E-state index contributed by atoms with van der Waals surface area (Å²) < 4.78 is 0. The molecule has 0 saturated heterocycles. The minimum atomic E-state index is -0.124. The number of thiol groups is 1. The van der Waals surface area contributed by atoms with Gasteiger partial charge in [0.05, 0.1) is 0 Å². The summed E-state index contributed by atoms with van der Waals surface area (Å²) in [5.41, 5.74) is 1.80. The number of hydrogen-bond acceptors (Lipinski definition) is 3. The summed E-state index contributed by atoms with van der Waals surface area (Å²) >= 11 is 4.25. The number of rotatable bonds is 0. The fraction of sp³-hybridized carbons (Fsp3) is 0.176. The molecule has 0 spiro atoms. The average Bonchev–Trinajstić information content (AvgIpc) is 2.45. The second-order valence-corrected chi connectivity index (χ2v) is 5.09. The summed E-state index contributed by atoms with van der Waals surface area (Å²) in [6, 6.07) is 12.0. The van der Waals surface area contributed by atoms with Gasteiger partial charge in [0.25, 0.3) is 0 Å². The van der Waals surface area contributed by atoms with Crippen molar-refractivity contribution in [3.05, 3.63) is 64.7 Å². The van der Waals surface area contributed by atoms with Crippen LogP contribution in [0.15, 0.2) is 47.4 Å². The summed E-state index contributed by atoms with van der Waals surface area (Å²) in [6.07, 6.45) is 1.25. The van der Waals surface area contributed by atoms with Crippen molar-refractivity contribution in [2.75, 3.05) is 0 Å². The molecule has 0 saturated carbocycles. The predicted molar refractivity (Wildman–Crippen MR) is 83.0 cm³/mol. The molecule has 0 bridgehead atoms. The smallest absolute Gasteiger partial charge is 0.195 e. The number of fused-ring (bicyclic) bond motifs is 2. The van der Waals surface area contributed by atoms with Crippen LogP contribution in [0, 0.1) is 0 Å². The second kappa shape index (κ2) is 6.06. The number of ketones is 2. The molecule has 0 N–H and O–H groups in total. The molecular weight excluding hydrogens is 268 g/mol. The van der Waals surface area contributed by atoms with Gasteiger partial charge in [0.1, 0.15) is 0 Å². The van der Waals surface area contributed by atoms with Gasteiger partial charge in [-0.25, -0.2) is 0 Å². The van der Waals surface area contributed by atoms with E-state index in [-0.39, 0.29) is 11.6 Å². The van der Waals surface area contributed by atoms with Crippen LogP contribution in [0.2, 0.25) is 0 Å². The fourth-order valence-electron chi connectivity index (χ4n) is 2.13. The SMILES string of the molecule is CCC.O=C1c2ccccc2C(=O)c2c(S)cccc21. The Morgan fingerprint density at radius 1 is 0.800 bits per heavy atom. The summed E-state index contributed by atoms with van der Waals surface area (Å²) in [5, 5.41) is 0. The molecule has 3 heteroatoms. The van der Waals surface area contributed by atoms with Crippen molar-refractivity contribution < 1.29 is 9.59 Å². The largest absolute Gasteiger partial charge is 0.289 e. The Hall–Kier alpha value is -1.87. The Morgan fingerprint density at radius 2 is 1.30 bits per heavy atom. The van der Waals surface area contributed by atoms with Crippen molar-refractivity contribution in [3.8, 4) is 0 Å². The van der Waals surface area contributed by atoms with Crippen LogP contribution in [0.1, 0.15) is 52.1 Å². The molecule has 0 amide bonds. The van der Waals surface area contributed by atoms with Gasteiger partial charge < -0.3 is 0 Å². The zero-order valence-corrected chi connectivity index (χ0v) is 12.4. The third-order valence-electron chi connectivity index (χ3n) is 2.93. The van der Waals surface area contributed by atoms with Crippen molar-refractivity contribution in [1.29, 1.82) is 0 Å². The highest BCUT2D eigenvalue weighted by molar-refractivity contribution is 7.80. The van der Waals surface area contributed by atoms with Crippen LogP contribution < -0.4 is 0 Å². The van der Waals surface area contributed by atoms with Gasteiger partial charge in [-0.05, 0) is 6.07 Å². The van der Waals surface area contributed by atoms with Crippen molar-refractivity contribution in [1.82, 2.24) is 0 Å². The quantitative estimate of drug-likeness (QED) is 0.629. The number of carbonyl (C=O) groups excluding carboxylic acids is 2. The topological polar surface area (TPSA) is 34.1 Å². The Balaban J connectivity index is 0.000000452. The molecule has 0 unspecified atom stereocenters. The molecule has 2 nitrogen and oxygen atoms in total. The van der Waals surface area contributed by atoms with E-state index < -0.39 is 0 Å². The highest BCUT2D eigenvalue weighted by atomic mass is 32.1. The van der Waals surface area contributed by atoms with E-state index in [9.17, 15) is 9.59 Å². The first-order valence-electron chi connectivity index (χ1n) is 6.62. The Morgan fingerprint density at radius 3 is 1.90 bits per heavy atom. The van der Waals surface area contributed by atoms with E-state index in [1.807, 2.05) is 0 Å². The molecule has 0 aliphatic heterocycles. The lowest BCUT2D eigenvalue weighted by Crippen LogP contribution is -2.21. The van der Waals surface area contributed by atoms with E-state index in [0.717, 1.165) is 0 Å². The minimum Gasteiger partial charge on any atom is -0.289 e. The van der Waals surface area contributed by atoms with Gasteiger partial charge in [0.15, 0.2) is 11.6 Å². The molecule has 2 aromatic carbocycles. The van der Waals surface area contributed by atoms with Gasteiger partial charge in [0.2, 0.25) is 0 Å². The predicted octanol–water partition coefficient (Wildman–Crippen LogP) is 4.17. The van der Waals surface area contributed by atoms with Crippen LogP contribution in [-0.2, 0) is 0 Å². The normalized spacial score (nSPS) is 12.2. The van der Waals surface area contributed by atoms with Gasteiger partial charge in [-0.1, -0.05) is 56.7 Å². The van der Waals surface area contributed by atoms with Crippen molar-refractivity contribution >= 4 is 24.2 Å². The molecular formula is C17H16O2S. The molecule has 0 atom stereocenters. The molecule has 0 radical (unpaired) electrons. The van der Waals surface area contributed by atoms with E-state index in [0.29, 0.717) is 27.1 Å². The van der Waals surface area contributed by atoms with Gasteiger partial charge >= 0.3 is 0 Å². The molecule has 3 rings (SSSR count). The number of benzene rings is 2. The minimum absolute atomic E-state index is 0.105. The maximum absolute atomic E-state index is 12.3. The first-order valence-corrected chi connectivity index (χ1v) is 7.06. The Labute approximate surface area is 124 Å².